The van der Waals surface area contributed by atoms with Crippen LogP contribution in [0.5, 0.6) is 0 Å². The van der Waals surface area contributed by atoms with Crippen molar-refractivity contribution in [2.45, 2.75) is 13.8 Å². The molecule has 0 aromatic rings. The lowest BCUT2D eigenvalue weighted by Gasteiger charge is -2.39. The molecule has 0 aliphatic carbocycles. The van der Waals surface area contributed by atoms with Crippen LogP contribution < -0.4 is 0 Å². The zero-order valence-corrected chi connectivity index (χ0v) is 7.88. The smallest absolute Gasteiger partial charge is 0.0529 e. The van der Waals surface area contributed by atoms with Crippen LogP contribution in [0, 0.1) is 0 Å². The van der Waals surface area contributed by atoms with Gasteiger partial charge in [-0.15, -0.1) is 0 Å². The first kappa shape index (κ1) is 8.97. The highest BCUT2D eigenvalue weighted by atomic mass is 15.5. The maximum Gasteiger partial charge on any atom is 0.0529 e. The Morgan fingerprint density at radius 1 is 0.909 bits per heavy atom. The Morgan fingerprint density at radius 2 is 1.36 bits per heavy atom. The molecule has 1 aliphatic heterocycles. The van der Waals surface area contributed by atoms with Gasteiger partial charge in [-0.3, -0.25) is 14.7 Å². The van der Waals surface area contributed by atoms with Crippen molar-refractivity contribution in [1.82, 2.24) is 14.7 Å². The molecule has 3 nitrogen and oxygen atoms in total. The van der Waals surface area contributed by atoms with E-state index >= 15 is 0 Å². The Hall–Kier alpha value is -0.120. The number of hydrogen-bond acceptors (Lipinski definition) is 3. The molecule has 0 aromatic carbocycles. The molecule has 0 N–H and O–H groups in total. The van der Waals surface area contributed by atoms with Crippen molar-refractivity contribution in [3.05, 3.63) is 0 Å². The summed E-state index contributed by atoms with van der Waals surface area (Å²) in [6, 6.07) is 0. The molecule has 0 radical (unpaired) electrons. The van der Waals surface area contributed by atoms with Gasteiger partial charge < -0.3 is 0 Å². The standard InChI is InChI=1S/C8H19N3/c1-4-10-6-9(3)7-11(5-2)8-10/h4-8H2,1-3H3. The second-order valence-electron chi connectivity index (χ2n) is 3.25. The molecule has 0 amide bonds. The highest BCUT2D eigenvalue weighted by Gasteiger charge is 2.17. The Kier molecular flexibility index (Phi) is 3.30. The van der Waals surface area contributed by atoms with Crippen LogP contribution in [-0.4, -0.2) is 54.8 Å². The first-order valence-electron chi connectivity index (χ1n) is 4.39. The van der Waals surface area contributed by atoms with Crippen molar-refractivity contribution in [3.63, 3.8) is 0 Å². The second-order valence-corrected chi connectivity index (χ2v) is 3.25. The van der Waals surface area contributed by atoms with Gasteiger partial charge in [-0.05, 0) is 20.1 Å². The van der Waals surface area contributed by atoms with Crippen LogP contribution in [0.25, 0.3) is 0 Å². The Balaban J connectivity index is 2.37. The third-order valence-corrected chi connectivity index (χ3v) is 2.18. The third kappa shape index (κ3) is 2.43. The number of rotatable bonds is 2. The van der Waals surface area contributed by atoms with Crippen molar-refractivity contribution in [1.29, 1.82) is 0 Å². The molecular weight excluding hydrogens is 138 g/mol. The van der Waals surface area contributed by atoms with Gasteiger partial charge in [-0.1, -0.05) is 13.8 Å². The van der Waals surface area contributed by atoms with Crippen LogP contribution in [0.15, 0.2) is 0 Å². The largest absolute Gasteiger partial charge is 0.280 e. The molecule has 66 valence electrons. The van der Waals surface area contributed by atoms with E-state index in [1.165, 1.54) is 0 Å². The zero-order valence-electron chi connectivity index (χ0n) is 7.88. The molecule has 1 rings (SSSR count). The number of nitrogens with zero attached hydrogens (tertiary/aromatic N) is 3. The minimum Gasteiger partial charge on any atom is -0.280 e. The maximum absolute atomic E-state index is 2.44. The van der Waals surface area contributed by atoms with Crippen LogP contribution in [0.1, 0.15) is 13.8 Å². The summed E-state index contributed by atoms with van der Waals surface area (Å²) in [5.74, 6) is 0. The first-order valence-corrected chi connectivity index (χ1v) is 4.39. The summed E-state index contributed by atoms with van der Waals surface area (Å²) in [4.78, 5) is 7.22. The SMILES string of the molecule is CCN1CN(C)CN(CC)C1. The van der Waals surface area contributed by atoms with E-state index in [-0.39, 0.29) is 0 Å². The fourth-order valence-electron chi connectivity index (χ4n) is 1.50. The van der Waals surface area contributed by atoms with Crippen LogP contribution in [-0.2, 0) is 0 Å². The average Bonchev–Trinajstić information content (AvgIpc) is 2.03. The lowest BCUT2D eigenvalue weighted by molar-refractivity contribution is -0.00993. The van der Waals surface area contributed by atoms with Gasteiger partial charge in [0, 0.05) is 0 Å². The highest BCUT2D eigenvalue weighted by Crippen LogP contribution is 2.03. The predicted molar refractivity (Wildman–Crippen MR) is 47.1 cm³/mol. The monoisotopic (exact) mass is 157 g/mol. The Morgan fingerprint density at radius 3 is 1.73 bits per heavy atom. The second kappa shape index (κ2) is 4.04. The van der Waals surface area contributed by atoms with Crippen LogP contribution in [0.4, 0.5) is 0 Å². The Labute approximate surface area is 69.6 Å². The van der Waals surface area contributed by atoms with Gasteiger partial charge in [0.2, 0.25) is 0 Å². The summed E-state index contributed by atoms with van der Waals surface area (Å²) in [7, 11) is 2.17. The molecule has 0 unspecified atom stereocenters. The first-order chi connectivity index (χ1) is 5.26. The summed E-state index contributed by atoms with van der Waals surface area (Å²) in [5, 5.41) is 0. The minimum atomic E-state index is 1.12. The van der Waals surface area contributed by atoms with E-state index in [1.54, 1.807) is 0 Å². The quantitative estimate of drug-likeness (QED) is 0.576. The lowest BCUT2D eigenvalue weighted by atomic mass is 10.5. The molecule has 0 bridgehead atoms. The van der Waals surface area contributed by atoms with Crippen molar-refractivity contribution >= 4 is 0 Å². The van der Waals surface area contributed by atoms with E-state index in [4.69, 9.17) is 0 Å². The van der Waals surface area contributed by atoms with Crippen LogP contribution in [0.2, 0.25) is 0 Å². The predicted octanol–water partition coefficient (Wildman–Crippen LogP) is 0.448. The van der Waals surface area contributed by atoms with Gasteiger partial charge in [-0.2, -0.15) is 0 Å². The molecule has 1 aliphatic rings. The van der Waals surface area contributed by atoms with Crippen LogP contribution in [0.3, 0.4) is 0 Å². The van der Waals surface area contributed by atoms with Gasteiger partial charge in [0.25, 0.3) is 0 Å². The summed E-state index contributed by atoms with van der Waals surface area (Å²) < 4.78 is 0. The average molecular weight is 157 g/mol. The molecule has 0 spiro atoms. The van der Waals surface area contributed by atoms with Gasteiger partial charge >= 0.3 is 0 Å². The summed E-state index contributed by atoms with van der Waals surface area (Å²) in [6.45, 7) is 10.1. The fourth-order valence-corrected chi connectivity index (χ4v) is 1.50. The Bertz CT molecular complexity index is 104. The highest BCUT2D eigenvalue weighted by molar-refractivity contribution is 4.64. The molecular formula is C8H19N3. The molecule has 11 heavy (non-hydrogen) atoms. The van der Waals surface area contributed by atoms with E-state index in [1.807, 2.05) is 0 Å². The van der Waals surface area contributed by atoms with E-state index in [9.17, 15) is 0 Å². The molecule has 0 atom stereocenters. The van der Waals surface area contributed by atoms with E-state index in [0.717, 1.165) is 33.1 Å². The van der Waals surface area contributed by atoms with Gasteiger partial charge in [-0.25, -0.2) is 0 Å². The van der Waals surface area contributed by atoms with Gasteiger partial charge in [0.05, 0.1) is 20.0 Å². The van der Waals surface area contributed by atoms with Crippen molar-refractivity contribution in [2.24, 2.45) is 0 Å². The molecule has 3 heteroatoms. The maximum atomic E-state index is 2.44. The fraction of sp³-hybridized carbons (Fsp3) is 1.00. The number of hydrogen-bond donors (Lipinski definition) is 0. The van der Waals surface area contributed by atoms with Crippen LogP contribution >= 0.6 is 0 Å². The summed E-state index contributed by atoms with van der Waals surface area (Å²) in [6.07, 6.45) is 0. The molecule has 1 fully saturated rings. The van der Waals surface area contributed by atoms with Gasteiger partial charge in [0.1, 0.15) is 0 Å². The van der Waals surface area contributed by atoms with E-state index in [0.29, 0.717) is 0 Å². The molecule has 0 aromatic heterocycles. The van der Waals surface area contributed by atoms with Crippen molar-refractivity contribution in [3.8, 4) is 0 Å². The summed E-state index contributed by atoms with van der Waals surface area (Å²) in [5.41, 5.74) is 0. The normalized spacial score (nSPS) is 24.3. The van der Waals surface area contributed by atoms with E-state index < -0.39 is 0 Å². The van der Waals surface area contributed by atoms with Crippen molar-refractivity contribution in [2.75, 3.05) is 40.1 Å². The summed E-state index contributed by atoms with van der Waals surface area (Å²) >= 11 is 0. The third-order valence-electron chi connectivity index (χ3n) is 2.18. The van der Waals surface area contributed by atoms with Gasteiger partial charge in [0.15, 0.2) is 0 Å². The molecule has 0 saturated carbocycles. The topological polar surface area (TPSA) is 9.72 Å². The lowest BCUT2D eigenvalue weighted by Crippen LogP contribution is -2.53. The zero-order chi connectivity index (χ0) is 8.27. The van der Waals surface area contributed by atoms with Crippen molar-refractivity contribution < 1.29 is 0 Å². The minimum absolute atomic E-state index is 1.12. The van der Waals surface area contributed by atoms with E-state index in [2.05, 4.69) is 35.6 Å². The molecule has 1 saturated heterocycles. The molecule has 1 heterocycles.